The van der Waals surface area contributed by atoms with Gasteiger partial charge in [0.2, 0.25) is 11.2 Å². The van der Waals surface area contributed by atoms with Gasteiger partial charge in [-0.05, 0) is 72.9 Å². The molecule has 1 heterocycles. The van der Waals surface area contributed by atoms with Crippen LogP contribution in [0.3, 0.4) is 0 Å². The molecule has 1 fully saturated rings. The molecule has 2 aromatic carbocycles. The summed E-state index contributed by atoms with van der Waals surface area (Å²) >= 11 is 0. The van der Waals surface area contributed by atoms with Crippen LogP contribution in [-0.2, 0) is 13.5 Å². The first kappa shape index (κ1) is 18.2. The average Bonchev–Trinajstić information content (AvgIpc) is 3.17. The zero-order chi connectivity index (χ0) is 19.0. The first-order chi connectivity index (χ1) is 13.0. The first-order valence-corrected chi connectivity index (χ1v) is 10.6. The summed E-state index contributed by atoms with van der Waals surface area (Å²) in [5.74, 6) is 1.45. The van der Waals surface area contributed by atoms with Crippen molar-refractivity contribution in [3.8, 4) is 11.3 Å². The summed E-state index contributed by atoms with van der Waals surface area (Å²) in [6, 6.07) is 18.7. The van der Waals surface area contributed by atoms with Crippen LogP contribution in [-0.4, -0.2) is 0 Å². The predicted octanol–water partition coefficient (Wildman–Crippen LogP) is 6.50. The molecule has 0 amide bonds. The van der Waals surface area contributed by atoms with E-state index in [1.54, 1.807) is 0 Å². The average molecular weight is 359 g/mol. The van der Waals surface area contributed by atoms with Gasteiger partial charge in [-0.15, -0.1) is 0 Å². The second-order valence-corrected chi connectivity index (χ2v) is 8.82. The fourth-order valence-electron chi connectivity index (χ4n) is 4.75. The smallest absolute Gasteiger partial charge is 0.194 e. The zero-order valence-electron chi connectivity index (χ0n) is 17.3. The summed E-state index contributed by atoms with van der Waals surface area (Å²) in [5, 5.41) is 1.34. The van der Waals surface area contributed by atoms with Crippen molar-refractivity contribution in [2.45, 2.75) is 58.8 Å². The molecule has 27 heavy (non-hydrogen) atoms. The maximum atomic E-state index is 2.46. The van der Waals surface area contributed by atoms with Gasteiger partial charge in [0.1, 0.15) is 7.05 Å². The van der Waals surface area contributed by atoms with Gasteiger partial charge in [-0.1, -0.05) is 44.9 Å². The summed E-state index contributed by atoms with van der Waals surface area (Å²) in [5.41, 5.74) is 8.34. The molecule has 1 heteroatoms. The number of hydrogen-bond donors (Lipinski definition) is 0. The molecular formula is C26H32N+. The Hall–Kier alpha value is -2.15. The van der Waals surface area contributed by atoms with Crippen LogP contribution in [0.4, 0.5) is 0 Å². The molecule has 1 saturated carbocycles. The summed E-state index contributed by atoms with van der Waals surface area (Å²) in [6.45, 7) is 6.81. The lowest BCUT2D eigenvalue weighted by atomic mass is 9.92. The van der Waals surface area contributed by atoms with Crippen molar-refractivity contribution >= 4 is 10.9 Å². The maximum absolute atomic E-state index is 2.46. The van der Waals surface area contributed by atoms with Crippen LogP contribution in [0.25, 0.3) is 22.2 Å². The summed E-state index contributed by atoms with van der Waals surface area (Å²) in [6.07, 6.45) is 6.62. The van der Waals surface area contributed by atoms with Crippen LogP contribution in [0.2, 0.25) is 0 Å². The number of rotatable bonds is 4. The molecule has 0 atom stereocenters. The molecule has 0 N–H and O–H groups in total. The van der Waals surface area contributed by atoms with Crippen LogP contribution in [0.1, 0.15) is 62.1 Å². The standard InChI is InChI=1S/C26H32N/c1-18(2)15-20-10-13-25-23(16-20)12-14-26(27(25)4)24-17-22(11-9-19(24)3)21-7-5-6-8-21/h9-14,16-18,21H,5-8,15H2,1-4H3/q+1. The van der Waals surface area contributed by atoms with Gasteiger partial charge in [0, 0.05) is 23.1 Å². The van der Waals surface area contributed by atoms with E-state index in [4.69, 9.17) is 0 Å². The Morgan fingerprint density at radius 1 is 0.963 bits per heavy atom. The number of fused-ring (bicyclic) bond motifs is 1. The quantitative estimate of drug-likeness (QED) is 0.469. The van der Waals surface area contributed by atoms with Gasteiger partial charge in [-0.3, -0.25) is 0 Å². The SMILES string of the molecule is Cc1ccc(C2CCCC2)cc1-c1ccc2cc(CC(C)C)ccc2[n+]1C. The number of aryl methyl sites for hydroxylation is 2. The first-order valence-electron chi connectivity index (χ1n) is 10.6. The number of benzene rings is 2. The van der Waals surface area contributed by atoms with Gasteiger partial charge < -0.3 is 0 Å². The molecule has 1 nitrogen and oxygen atoms in total. The van der Waals surface area contributed by atoms with Gasteiger partial charge in [0.15, 0.2) is 0 Å². The molecule has 3 aromatic rings. The predicted molar refractivity (Wildman–Crippen MR) is 115 cm³/mol. The van der Waals surface area contributed by atoms with Crippen LogP contribution in [0.15, 0.2) is 48.5 Å². The normalized spacial score (nSPS) is 15.1. The van der Waals surface area contributed by atoms with E-state index in [1.165, 1.54) is 64.5 Å². The van der Waals surface area contributed by atoms with Crippen LogP contribution < -0.4 is 4.57 Å². The Morgan fingerprint density at radius 2 is 1.74 bits per heavy atom. The lowest BCUT2D eigenvalue weighted by molar-refractivity contribution is -0.633. The number of pyridine rings is 1. The Balaban J connectivity index is 1.77. The Kier molecular flexibility index (Phi) is 5.04. The molecular weight excluding hydrogens is 326 g/mol. The van der Waals surface area contributed by atoms with E-state index in [-0.39, 0.29) is 0 Å². The summed E-state index contributed by atoms with van der Waals surface area (Å²) in [4.78, 5) is 0. The van der Waals surface area contributed by atoms with E-state index in [2.05, 4.69) is 80.9 Å². The molecule has 1 aromatic heterocycles. The second-order valence-electron chi connectivity index (χ2n) is 8.82. The fourth-order valence-corrected chi connectivity index (χ4v) is 4.75. The van der Waals surface area contributed by atoms with Crippen LogP contribution in [0.5, 0.6) is 0 Å². The van der Waals surface area contributed by atoms with Gasteiger partial charge in [0.25, 0.3) is 0 Å². The molecule has 0 saturated heterocycles. The van der Waals surface area contributed by atoms with E-state index >= 15 is 0 Å². The highest BCUT2D eigenvalue weighted by Gasteiger charge is 2.21. The minimum Gasteiger partial charge on any atom is -0.194 e. The zero-order valence-corrected chi connectivity index (χ0v) is 17.3. The fraction of sp³-hybridized carbons (Fsp3) is 0.423. The van der Waals surface area contributed by atoms with Crippen molar-refractivity contribution in [1.29, 1.82) is 0 Å². The van der Waals surface area contributed by atoms with Crippen LogP contribution in [0, 0.1) is 12.8 Å². The van der Waals surface area contributed by atoms with E-state index < -0.39 is 0 Å². The highest BCUT2D eigenvalue weighted by atomic mass is 14.9. The topological polar surface area (TPSA) is 3.88 Å². The molecule has 0 bridgehead atoms. The van der Waals surface area contributed by atoms with Crippen molar-refractivity contribution in [1.82, 2.24) is 0 Å². The molecule has 0 unspecified atom stereocenters. The van der Waals surface area contributed by atoms with Crippen molar-refractivity contribution in [2.24, 2.45) is 13.0 Å². The van der Waals surface area contributed by atoms with Crippen molar-refractivity contribution in [3.63, 3.8) is 0 Å². The largest absolute Gasteiger partial charge is 0.213 e. The maximum Gasteiger partial charge on any atom is 0.213 e. The molecule has 0 spiro atoms. The summed E-state index contributed by atoms with van der Waals surface area (Å²) < 4.78 is 2.37. The highest BCUT2D eigenvalue weighted by molar-refractivity contribution is 5.78. The van der Waals surface area contributed by atoms with Crippen molar-refractivity contribution in [3.05, 3.63) is 65.2 Å². The third-order valence-corrected chi connectivity index (χ3v) is 6.24. The molecule has 1 aliphatic rings. The number of nitrogens with zero attached hydrogens (tertiary/aromatic N) is 1. The Labute approximate surface area is 164 Å². The molecule has 1 aliphatic carbocycles. The van der Waals surface area contributed by atoms with Crippen molar-refractivity contribution < 1.29 is 4.57 Å². The Morgan fingerprint density at radius 3 is 2.48 bits per heavy atom. The molecule has 0 radical (unpaired) electrons. The lowest BCUT2D eigenvalue weighted by Gasteiger charge is -2.13. The van der Waals surface area contributed by atoms with E-state index in [0.29, 0.717) is 5.92 Å². The lowest BCUT2D eigenvalue weighted by Crippen LogP contribution is -2.32. The Bertz CT molecular complexity index is 961. The minimum absolute atomic E-state index is 0.691. The summed E-state index contributed by atoms with van der Waals surface area (Å²) in [7, 11) is 2.21. The third kappa shape index (κ3) is 3.65. The van der Waals surface area contributed by atoms with E-state index in [0.717, 1.165) is 12.3 Å². The minimum atomic E-state index is 0.691. The third-order valence-electron chi connectivity index (χ3n) is 6.24. The van der Waals surface area contributed by atoms with Gasteiger partial charge in [-0.25, -0.2) is 0 Å². The van der Waals surface area contributed by atoms with Gasteiger partial charge in [-0.2, -0.15) is 4.57 Å². The monoisotopic (exact) mass is 358 g/mol. The molecule has 140 valence electrons. The highest BCUT2D eigenvalue weighted by Crippen LogP contribution is 2.36. The number of aromatic nitrogens is 1. The molecule has 0 aliphatic heterocycles. The van der Waals surface area contributed by atoms with E-state index in [9.17, 15) is 0 Å². The number of hydrogen-bond acceptors (Lipinski definition) is 0. The second kappa shape index (κ2) is 7.46. The van der Waals surface area contributed by atoms with Crippen molar-refractivity contribution in [2.75, 3.05) is 0 Å². The molecule has 4 rings (SSSR count). The van der Waals surface area contributed by atoms with Crippen LogP contribution >= 0.6 is 0 Å². The van der Waals surface area contributed by atoms with Gasteiger partial charge >= 0.3 is 0 Å². The van der Waals surface area contributed by atoms with E-state index in [1.807, 2.05) is 0 Å². The van der Waals surface area contributed by atoms with Gasteiger partial charge in [0.05, 0.1) is 0 Å².